The largest absolute Gasteiger partial charge is 0.469 e. The molecule has 0 aliphatic carbocycles. The van der Waals surface area contributed by atoms with Crippen molar-refractivity contribution >= 4 is 5.97 Å². The Morgan fingerprint density at radius 3 is 2.71 bits per heavy atom. The second-order valence-corrected chi connectivity index (χ2v) is 6.97. The maximum atomic E-state index is 11.7. The molecule has 0 aromatic rings. The van der Waals surface area contributed by atoms with E-state index in [1.807, 2.05) is 0 Å². The van der Waals surface area contributed by atoms with Gasteiger partial charge in [-0.1, -0.05) is 20.8 Å². The highest BCUT2D eigenvalue weighted by Gasteiger charge is 2.36. The number of carbonyl (C=O) groups is 1. The Bertz CT molecular complexity index is 348. The Kier molecular flexibility index (Phi) is 6.02. The lowest BCUT2D eigenvalue weighted by Crippen LogP contribution is -2.48. The number of carbonyl (C=O) groups excluding carboxylic acids is 1. The first kappa shape index (κ1) is 16.7. The summed E-state index contributed by atoms with van der Waals surface area (Å²) in [6.45, 7) is 13.3. The third kappa shape index (κ3) is 4.66. The number of morpholine rings is 1. The number of rotatable bonds is 5. The first-order valence-electron chi connectivity index (χ1n) is 8.13. The Hall–Kier alpha value is -0.650. The van der Waals surface area contributed by atoms with Crippen molar-refractivity contribution in [3.8, 4) is 0 Å². The summed E-state index contributed by atoms with van der Waals surface area (Å²) >= 11 is 0. The van der Waals surface area contributed by atoms with Crippen LogP contribution in [-0.2, 0) is 14.3 Å². The van der Waals surface area contributed by atoms with E-state index in [0.717, 1.165) is 45.9 Å². The SMILES string of the molecule is COC(=O)C1CN(CC2CN(CC(C)C)CCO2)CC1C. The van der Waals surface area contributed by atoms with Crippen LogP contribution in [0.15, 0.2) is 0 Å². The molecular weight excluding hydrogens is 268 g/mol. The Balaban J connectivity index is 1.81. The van der Waals surface area contributed by atoms with E-state index in [-0.39, 0.29) is 18.0 Å². The third-order valence-corrected chi connectivity index (χ3v) is 4.50. The van der Waals surface area contributed by atoms with Crippen molar-refractivity contribution in [2.45, 2.75) is 26.9 Å². The standard InChI is InChI=1S/C16H30N2O3/c1-12(2)7-17-5-6-21-14(9-17)10-18-8-13(3)15(11-18)16(19)20-4/h12-15H,5-11H2,1-4H3. The van der Waals surface area contributed by atoms with Crippen molar-refractivity contribution in [1.82, 2.24) is 9.80 Å². The second kappa shape index (κ2) is 7.56. The minimum atomic E-state index is -0.0732. The van der Waals surface area contributed by atoms with Crippen LogP contribution in [0.2, 0.25) is 0 Å². The number of methoxy groups -OCH3 is 1. The molecule has 2 rings (SSSR count). The highest BCUT2D eigenvalue weighted by atomic mass is 16.5. The fourth-order valence-electron chi connectivity index (χ4n) is 3.54. The molecule has 0 saturated carbocycles. The van der Waals surface area contributed by atoms with E-state index in [9.17, 15) is 4.79 Å². The average molecular weight is 298 g/mol. The molecule has 2 aliphatic rings. The smallest absolute Gasteiger partial charge is 0.310 e. The van der Waals surface area contributed by atoms with Gasteiger partial charge in [-0.15, -0.1) is 0 Å². The minimum Gasteiger partial charge on any atom is -0.469 e. The van der Waals surface area contributed by atoms with Gasteiger partial charge in [0.15, 0.2) is 0 Å². The lowest BCUT2D eigenvalue weighted by molar-refractivity contribution is -0.146. The summed E-state index contributed by atoms with van der Waals surface area (Å²) in [7, 11) is 1.48. The molecule has 2 heterocycles. The lowest BCUT2D eigenvalue weighted by atomic mass is 9.99. The van der Waals surface area contributed by atoms with Crippen LogP contribution in [0.4, 0.5) is 0 Å². The quantitative estimate of drug-likeness (QED) is 0.711. The van der Waals surface area contributed by atoms with Gasteiger partial charge >= 0.3 is 5.97 Å². The molecule has 5 heteroatoms. The Labute approximate surface area is 128 Å². The molecule has 0 aromatic heterocycles. The molecule has 0 N–H and O–H groups in total. The van der Waals surface area contributed by atoms with Crippen molar-refractivity contribution in [3.63, 3.8) is 0 Å². The zero-order valence-corrected chi connectivity index (χ0v) is 13.9. The van der Waals surface area contributed by atoms with Crippen LogP contribution in [-0.4, -0.2) is 74.9 Å². The summed E-state index contributed by atoms with van der Waals surface area (Å²) in [5, 5.41) is 0. The number of likely N-dealkylation sites (tertiary alicyclic amines) is 1. The van der Waals surface area contributed by atoms with E-state index >= 15 is 0 Å². The van der Waals surface area contributed by atoms with Gasteiger partial charge < -0.3 is 9.47 Å². The van der Waals surface area contributed by atoms with E-state index < -0.39 is 0 Å². The van der Waals surface area contributed by atoms with Crippen LogP contribution >= 0.6 is 0 Å². The fraction of sp³-hybridized carbons (Fsp3) is 0.938. The van der Waals surface area contributed by atoms with Gasteiger partial charge in [-0.2, -0.15) is 0 Å². The van der Waals surface area contributed by atoms with Crippen molar-refractivity contribution < 1.29 is 14.3 Å². The van der Waals surface area contributed by atoms with Crippen molar-refractivity contribution in [2.24, 2.45) is 17.8 Å². The predicted molar refractivity (Wildman–Crippen MR) is 82.1 cm³/mol. The fourth-order valence-corrected chi connectivity index (χ4v) is 3.54. The van der Waals surface area contributed by atoms with E-state index in [1.54, 1.807) is 0 Å². The summed E-state index contributed by atoms with van der Waals surface area (Å²) in [4.78, 5) is 16.6. The lowest BCUT2D eigenvalue weighted by Gasteiger charge is -2.35. The summed E-state index contributed by atoms with van der Waals surface area (Å²) in [6.07, 6.45) is 0.265. The average Bonchev–Trinajstić information content (AvgIpc) is 2.78. The van der Waals surface area contributed by atoms with Gasteiger partial charge in [0.05, 0.1) is 25.7 Å². The zero-order valence-electron chi connectivity index (χ0n) is 13.9. The number of esters is 1. The molecule has 3 atom stereocenters. The number of hydrogen-bond acceptors (Lipinski definition) is 5. The zero-order chi connectivity index (χ0) is 15.4. The monoisotopic (exact) mass is 298 g/mol. The van der Waals surface area contributed by atoms with Gasteiger partial charge in [-0.05, 0) is 11.8 Å². The molecule has 0 amide bonds. The molecule has 2 fully saturated rings. The highest BCUT2D eigenvalue weighted by molar-refractivity contribution is 5.73. The maximum Gasteiger partial charge on any atom is 0.310 e. The molecule has 0 bridgehead atoms. The number of nitrogens with zero attached hydrogens (tertiary/aromatic N) is 2. The molecule has 5 nitrogen and oxygen atoms in total. The van der Waals surface area contributed by atoms with E-state index in [1.165, 1.54) is 7.11 Å². The summed E-state index contributed by atoms with van der Waals surface area (Å²) in [5.74, 6) is 1.01. The van der Waals surface area contributed by atoms with Crippen molar-refractivity contribution in [1.29, 1.82) is 0 Å². The van der Waals surface area contributed by atoms with Crippen molar-refractivity contribution in [3.05, 3.63) is 0 Å². The molecule has 2 saturated heterocycles. The van der Waals surface area contributed by atoms with Gasteiger partial charge in [-0.3, -0.25) is 14.6 Å². The van der Waals surface area contributed by atoms with Crippen LogP contribution in [0.25, 0.3) is 0 Å². The Morgan fingerprint density at radius 1 is 1.29 bits per heavy atom. The van der Waals surface area contributed by atoms with Gasteiger partial charge in [0.25, 0.3) is 0 Å². The van der Waals surface area contributed by atoms with Crippen LogP contribution in [0.5, 0.6) is 0 Å². The van der Waals surface area contributed by atoms with Crippen molar-refractivity contribution in [2.75, 3.05) is 53.0 Å². The van der Waals surface area contributed by atoms with Crippen LogP contribution < -0.4 is 0 Å². The molecule has 0 radical (unpaired) electrons. The summed E-state index contributed by atoms with van der Waals surface area (Å²) < 4.78 is 10.8. The molecule has 0 spiro atoms. The highest BCUT2D eigenvalue weighted by Crippen LogP contribution is 2.24. The van der Waals surface area contributed by atoms with Gasteiger partial charge in [0.1, 0.15) is 0 Å². The molecule has 0 aromatic carbocycles. The van der Waals surface area contributed by atoms with Crippen LogP contribution in [0, 0.1) is 17.8 Å². The van der Waals surface area contributed by atoms with Gasteiger partial charge in [0.2, 0.25) is 0 Å². The number of ether oxygens (including phenoxy) is 2. The van der Waals surface area contributed by atoms with E-state index in [0.29, 0.717) is 11.8 Å². The summed E-state index contributed by atoms with van der Waals surface area (Å²) in [6, 6.07) is 0. The molecular formula is C16H30N2O3. The minimum absolute atomic E-state index is 0.0188. The topological polar surface area (TPSA) is 42.0 Å². The molecule has 21 heavy (non-hydrogen) atoms. The summed E-state index contributed by atoms with van der Waals surface area (Å²) in [5.41, 5.74) is 0. The normalized spacial score (nSPS) is 31.8. The molecule has 2 aliphatic heterocycles. The first-order valence-corrected chi connectivity index (χ1v) is 8.13. The third-order valence-electron chi connectivity index (χ3n) is 4.50. The van der Waals surface area contributed by atoms with Crippen LogP contribution in [0.1, 0.15) is 20.8 Å². The molecule has 3 unspecified atom stereocenters. The Morgan fingerprint density at radius 2 is 2.05 bits per heavy atom. The number of hydrogen-bond donors (Lipinski definition) is 0. The predicted octanol–water partition coefficient (Wildman–Crippen LogP) is 1.08. The van der Waals surface area contributed by atoms with Gasteiger partial charge in [-0.25, -0.2) is 0 Å². The van der Waals surface area contributed by atoms with Gasteiger partial charge in [0, 0.05) is 39.3 Å². The second-order valence-electron chi connectivity index (χ2n) is 6.97. The van der Waals surface area contributed by atoms with E-state index in [4.69, 9.17) is 9.47 Å². The maximum absolute atomic E-state index is 11.7. The first-order chi connectivity index (χ1) is 9.99. The van der Waals surface area contributed by atoms with E-state index in [2.05, 4.69) is 30.6 Å². The molecule has 122 valence electrons. The van der Waals surface area contributed by atoms with Crippen LogP contribution in [0.3, 0.4) is 0 Å².